The van der Waals surface area contributed by atoms with Gasteiger partial charge in [-0.2, -0.15) is 0 Å². The molecule has 0 N–H and O–H groups in total. The standard InChI is InChI=1S/C22H22N2O3S/c1-15-5-3-4-6-17(15)12-24-19-11-16(7-8-20(19)27-13-22(24)25)18-14-28-21(23-18)9-10-26-2/h3-8,11,14H,9-10,12-13H2,1-2H3. The number of thiazole rings is 1. The van der Waals surface area contributed by atoms with Gasteiger partial charge in [0.05, 0.1) is 29.5 Å². The lowest BCUT2D eigenvalue weighted by molar-refractivity contribution is -0.121. The number of rotatable bonds is 6. The number of hydrogen-bond acceptors (Lipinski definition) is 5. The van der Waals surface area contributed by atoms with Gasteiger partial charge in [0.1, 0.15) is 5.75 Å². The molecule has 144 valence electrons. The van der Waals surface area contributed by atoms with E-state index < -0.39 is 0 Å². The molecule has 1 amide bonds. The Hall–Kier alpha value is -2.70. The third-order valence-electron chi connectivity index (χ3n) is 4.86. The second-order valence-corrected chi connectivity index (χ2v) is 7.69. The molecule has 0 spiro atoms. The van der Waals surface area contributed by atoms with E-state index in [9.17, 15) is 4.79 Å². The number of carbonyl (C=O) groups is 1. The van der Waals surface area contributed by atoms with Gasteiger partial charge in [0.2, 0.25) is 0 Å². The summed E-state index contributed by atoms with van der Waals surface area (Å²) in [7, 11) is 1.69. The van der Waals surface area contributed by atoms with Crippen LogP contribution in [0.15, 0.2) is 47.8 Å². The monoisotopic (exact) mass is 394 g/mol. The molecule has 2 aromatic carbocycles. The SMILES string of the molecule is COCCc1nc(-c2ccc3c(c2)N(Cc2ccccc2C)C(=O)CO3)cs1. The van der Waals surface area contributed by atoms with E-state index in [1.54, 1.807) is 18.4 Å². The maximum atomic E-state index is 12.6. The largest absolute Gasteiger partial charge is 0.482 e. The van der Waals surface area contributed by atoms with Gasteiger partial charge in [-0.15, -0.1) is 11.3 Å². The van der Waals surface area contributed by atoms with Crippen molar-refractivity contribution in [2.24, 2.45) is 0 Å². The molecule has 1 aliphatic rings. The van der Waals surface area contributed by atoms with Gasteiger partial charge in [0.25, 0.3) is 5.91 Å². The summed E-state index contributed by atoms with van der Waals surface area (Å²) in [6.45, 7) is 3.32. The van der Waals surface area contributed by atoms with Crippen molar-refractivity contribution in [3.8, 4) is 17.0 Å². The topological polar surface area (TPSA) is 51.7 Å². The van der Waals surface area contributed by atoms with Crippen LogP contribution in [0.2, 0.25) is 0 Å². The van der Waals surface area contributed by atoms with Crippen LogP contribution in [0, 0.1) is 6.92 Å². The van der Waals surface area contributed by atoms with Crippen molar-refractivity contribution in [1.82, 2.24) is 4.98 Å². The van der Waals surface area contributed by atoms with Crippen molar-refractivity contribution in [2.45, 2.75) is 19.9 Å². The highest BCUT2D eigenvalue weighted by Gasteiger charge is 2.26. The van der Waals surface area contributed by atoms with Gasteiger partial charge >= 0.3 is 0 Å². The number of aryl methyl sites for hydroxylation is 1. The molecule has 0 fully saturated rings. The minimum absolute atomic E-state index is 0.0352. The quantitative estimate of drug-likeness (QED) is 0.628. The molecular weight excluding hydrogens is 372 g/mol. The number of carbonyl (C=O) groups excluding carboxylic acids is 1. The first kappa shape index (κ1) is 18.7. The Balaban J connectivity index is 1.66. The normalized spacial score (nSPS) is 13.4. The van der Waals surface area contributed by atoms with Gasteiger partial charge in [0, 0.05) is 24.5 Å². The summed E-state index contributed by atoms with van der Waals surface area (Å²) in [5, 5.41) is 3.09. The lowest BCUT2D eigenvalue weighted by Gasteiger charge is -2.30. The fraction of sp³-hybridized carbons (Fsp3) is 0.273. The maximum Gasteiger partial charge on any atom is 0.265 e. The van der Waals surface area contributed by atoms with E-state index in [1.165, 1.54) is 5.56 Å². The molecule has 28 heavy (non-hydrogen) atoms. The lowest BCUT2D eigenvalue weighted by Crippen LogP contribution is -2.38. The Morgan fingerprint density at radius 2 is 2.11 bits per heavy atom. The van der Waals surface area contributed by atoms with E-state index in [4.69, 9.17) is 14.5 Å². The molecule has 3 aromatic rings. The van der Waals surface area contributed by atoms with Crippen LogP contribution in [0.5, 0.6) is 5.75 Å². The van der Waals surface area contributed by atoms with E-state index in [-0.39, 0.29) is 12.5 Å². The average molecular weight is 394 g/mol. The molecule has 0 aliphatic carbocycles. The molecule has 4 rings (SSSR count). The second kappa shape index (κ2) is 8.12. The number of hydrogen-bond donors (Lipinski definition) is 0. The van der Waals surface area contributed by atoms with Crippen molar-refractivity contribution in [1.29, 1.82) is 0 Å². The summed E-state index contributed by atoms with van der Waals surface area (Å²) in [6.07, 6.45) is 0.799. The van der Waals surface area contributed by atoms with Crippen LogP contribution in [0.3, 0.4) is 0 Å². The summed E-state index contributed by atoms with van der Waals surface area (Å²) in [6, 6.07) is 14.1. The zero-order chi connectivity index (χ0) is 19.5. The minimum atomic E-state index is -0.0352. The highest BCUT2D eigenvalue weighted by atomic mass is 32.1. The number of aromatic nitrogens is 1. The summed E-state index contributed by atoms with van der Waals surface area (Å²) in [5.74, 6) is 0.693. The fourth-order valence-electron chi connectivity index (χ4n) is 3.24. The Morgan fingerprint density at radius 3 is 2.93 bits per heavy atom. The molecule has 6 heteroatoms. The van der Waals surface area contributed by atoms with Crippen LogP contribution < -0.4 is 9.64 Å². The van der Waals surface area contributed by atoms with Gasteiger partial charge in [-0.25, -0.2) is 4.98 Å². The first-order chi connectivity index (χ1) is 13.7. The zero-order valence-electron chi connectivity index (χ0n) is 16.0. The van der Waals surface area contributed by atoms with Crippen LogP contribution in [0.4, 0.5) is 5.69 Å². The summed E-state index contributed by atoms with van der Waals surface area (Å²) >= 11 is 1.62. The van der Waals surface area contributed by atoms with Crippen LogP contribution >= 0.6 is 11.3 Å². The highest BCUT2D eigenvalue weighted by molar-refractivity contribution is 7.09. The Bertz CT molecular complexity index is 999. The van der Waals surface area contributed by atoms with Crippen LogP contribution in [-0.4, -0.2) is 31.2 Å². The molecule has 1 aliphatic heterocycles. The Kier molecular flexibility index (Phi) is 5.41. The molecule has 2 heterocycles. The number of fused-ring (bicyclic) bond motifs is 1. The first-order valence-electron chi connectivity index (χ1n) is 9.21. The number of nitrogens with zero attached hydrogens (tertiary/aromatic N) is 2. The predicted molar refractivity (Wildman–Crippen MR) is 111 cm³/mol. The first-order valence-corrected chi connectivity index (χ1v) is 10.1. The average Bonchev–Trinajstić information content (AvgIpc) is 3.18. The van der Waals surface area contributed by atoms with E-state index >= 15 is 0 Å². The maximum absolute atomic E-state index is 12.6. The van der Waals surface area contributed by atoms with Gasteiger partial charge in [0.15, 0.2) is 6.61 Å². The van der Waals surface area contributed by atoms with Gasteiger partial charge in [-0.3, -0.25) is 4.79 Å². The van der Waals surface area contributed by atoms with Crippen LogP contribution in [-0.2, 0) is 22.5 Å². The van der Waals surface area contributed by atoms with E-state index in [0.29, 0.717) is 13.2 Å². The van der Waals surface area contributed by atoms with Crippen molar-refractivity contribution < 1.29 is 14.3 Å². The number of benzene rings is 2. The Labute approximate surface area is 168 Å². The molecule has 1 aromatic heterocycles. The smallest absolute Gasteiger partial charge is 0.265 e. The van der Waals surface area contributed by atoms with Crippen LogP contribution in [0.25, 0.3) is 11.3 Å². The number of methoxy groups -OCH3 is 1. The molecular formula is C22H22N2O3S. The predicted octanol–water partition coefficient (Wildman–Crippen LogP) is 4.23. The third-order valence-corrected chi connectivity index (χ3v) is 5.77. The molecule has 5 nitrogen and oxygen atoms in total. The Morgan fingerprint density at radius 1 is 1.25 bits per heavy atom. The van der Waals surface area contributed by atoms with E-state index in [1.807, 2.05) is 40.6 Å². The molecule has 0 saturated heterocycles. The fourth-order valence-corrected chi connectivity index (χ4v) is 4.03. The number of ether oxygens (including phenoxy) is 2. The third kappa shape index (κ3) is 3.79. The lowest BCUT2D eigenvalue weighted by atomic mass is 10.1. The number of amides is 1. The van der Waals surface area contributed by atoms with Crippen molar-refractivity contribution in [3.05, 3.63) is 64.0 Å². The molecule has 0 unspecified atom stereocenters. The van der Waals surface area contributed by atoms with Crippen molar-refractivity contribution >= 4 is 22.9 Å². The van der Waals surface area contributed by atoms with Gasteiger partial charge in [-0.1, -0.05) is 24.3 Å². The molecule has 0 bridgehead atoms. The van der Waals surface area contributed by atoms with Crippen LogP contribution in [0.1, 0.15) is 16.1 Å². The van der Waals surface area contributed by atoms with Crippen molar-refractivity contribution in [2.75, 3.05) is 25.2 Å². The van der Waals surface area contributed by atoms with E-state index in [0.717, 1.165) is 39.7 Å². The molecule has 0 saturated carbocycles. The highest BCUT2D eigenvalue weighted by Crippen LogP contribution is 2.37. The van der Waals surface area contributed by atoms with Crippen molar-refractivity contribution in [3.63, 3.8) is 0 Å². The molecule has 0 atom stereocenters. The minimum Gasteiger partial charge on any atom is -0.482 e. The summed E-state index contributed by atoms with van der Waals surface area (Å²) in [4.78, 5) is 19.1. The zero-order valence-corrected chi connectivity index (χ0v) is 16.8. The summed E-state index contributed by atoms with van der Waals surface area (Å²) in [5.41, 5.74) is 4.98. The molecule has 0 radical (unpaired) electrons. The van der Waals surface area contributed by atoms with Gasteiger partial charge in [-0.05, 0) is 36.2 Å². The summed E-state index contributed by atoms with van der Waals surface area (Å²) < 4.78 is 10.8. The number of anilines is 1. The van der Waals surface area contributed by atoms with Gasteiger partial charge < -0.3 is 14.4 Å². The second-order valence-electron chi connectivity index (χ2n) is 6.75. The van der Waals surface area contributed by atoms with E-state index in [2.05, 4.69) is 19.1 Å².